The van der Waals surface area contributed by atoms with Crippen molar-refractivity contribution >= 4 is 11.3 Å². The highest BCUT2D eigenvalue weighted by Gasteiger charge is 2.20. The maximum atomic E-state index is 4.61. The Morgan fingerprint density at radius 1 is 1.56 bits per heavy atom. The second-order valence-electron chi connectivity index (χ2n) is 4.12. The van der Waals surface area contributed by atoms with Crippen molar-refractivity contribution in [2.24, 2.45) is 7.05 Å². The van der Waals surface area contributed by atoms with E-state index < -0.39 is 0 Å². The molecule has 0 atom stereocenters. The maximum absolute atomic E-state index is 4.61. The third kappa shape index (κ3) is 2.01. The SMILES string of the molecule is Cn1nccc1-c1csc(CNC2CC2)n1. The van der Waals surface area contributed by atoms with Crippen LogP contribution in [0.15, 0.2) is 17.6 Å². The van der Waals surface area contributed by atoms with Gasteiger partial charge in [-0.3, -0.25) is 4.68 Å². The Morgan fingerprint density at radius 3 is 3.12 bits per heavy atom. The zero-order valence-corrected chi connectivity index (χ0v) is 10.00. The lowest BCUT2D eigenvalue weighted by Crippen LogP contribution is -2.14. The standard InChI is InChI=1S/C11H14N4S/c1-15-10(4-5-13-15)9-7-16-11(14-9)6-12-8-2-3-8/h4-5,7-8,12H,2-3,6H2,1H3. The number of hydrogen-bond acceptors (Lipinski definition) is 4. The van der Waals surface area contributed by atoms with Gasteiger partial charge in [0.05, 0.1) is 11.4 Å². The van der Waals surface area contributed by atoms with Crippen LogP contribution in [0.3, 0.4) is 0 Å². The van der Waals surface area contributed by atoms with Gasteiger partial charge in [-0.05, 0) is 18.9 Å². The first-order chi connectivity index (χ1) is 7.83. The van der Waals surface area contributed by atoms with Crippen molar-refractivity contribution in [1.82, 2.24) is 20.1 Å². The Balaban J connectivity index is 1.74. The summed E-state index contributed by atoms with van der Waals surface area (Å²) >= 11 is 1.71. The second-order valence-corrected chi connectivity index (χ2v) is 5.06. The van der Waals surface area contributed by atoms with E-state index in [1.54, 1.807) is 17.5 Å². The molecule has 0 aliphatic heterocycles. The van der Waals surface area contributed by atoms with Crippen LogP contribution in [0.4, 0.5) is 0 Å². The molecule has 3 rings (SSSR count). The summed E-state index contributed by atoms with van der Waals surface area (Å²) in [7, 11) is 1.94. The first-order valence-corrected chi connectivity index (χ1v) is 6.37. The van der Waals surface area contributed by atoms with Gasteiger partial charge >= 0.3 is 0 Å². The minimum absolute atomic E-state index is 0.740. The Labute approximate surface area is 98.3 Å². The molecule has 1 saturated carbocycles. The molecule has 16 heavy (non-hydrogen) atoms. The molecule has 0 radical (unpaired) electrons. The summed E-state index contributed by atoms with van der Waals surface area (Å²) < 4.78 is 1.85. The van der Waals surface area contributed by atoms with Gasteiger partial charge < -0.3 is 5.32 Å². The lowest BCUT2D eigenvalue weighted by Gasteiger charge is -1.98. The summed E-state index contributed by atoms with van der Waals surface area (Å²) in [5.41, 5.74) is 2.10. The maximum Gasteiger partial charge on any atom is 0.107 e. The quantitative estimate of drug-likeness (QED) is 0.877. The monoisotopic (exact) mass is 234 g/mol. The number of aromatic nitrogens is 3. The van der Waals surface area contributed by atoms with Crippen LogP contribution in [0, 0.1) is 0 Å². The molecular formula is C11H14N4S. The zero-order valence-electron chi connectivity index (χ0n) is 9.18. The summed E-state index contributed by atoms with van der Waals surface area (Å²) in [6.07, 6.45) is 4.44. The minimum Gasteiger partial charge on any atom is -0.308 e. The molecule has 2 aromatic rings. The van der Waals surface area contributed by atoms with Gasteiger partial charge in [-0.1, -0.05) is 0 Å². The molecule has 2 aromatic heterocycles. The predicted octanol–water partition coefficient (Wildman–Crippen LogP) is 1.80. The third-order valence-electron chi connectivity index (χ3n) is 2.75. The lowest BCUT2D eigenvalue weighted by molar-refractivity contribution is 0.684. The van der Waals surface area contributed by atoms with E-state index in [0.717, 1.165) is 29.0 Å². The number of thiazole rings is 1. The van der Waals surface area contributed by atoms with Gasteiger partial charge in [0.15, 0.2) is 0 Å². The first kappa shape index (κ1) is 9.99. The summed E-state index contributed by atoms with van der Waals surface area (Å²) in [6.45, 7) is 0.896. The van der Waals surface area contributed by atoms with E-state index in [1.165, 1.54) is 12.8 Å². The van der Waals surface area contributed by atoms with Crippen LogP contribution in [0.5, 0.6) is 0 Å². The van der Waals surface area contributed by atoms with Gasteiger partial charge in [-0.25, -0.2) is 4.98 Å². The zero-order chi connectivity index (χ0) is 11.0. The molecule has 0 unspecified atom stereocenters. The van der Waals surface area contributed by atoms with Crippen LogP contribution in [0.2, 0.25) is 0 Å². The summed E-state index contributed by atoms with van der Waals surface area (Å²) in [6, 6.07) is 2.73. The van der Waals surface area contributed by atoms with E-state index in [4.69, 9.17) is 0 Å². The fourth-order valence-corrected chi connectivity index (χ4v) is 2.39. The van der Waals surface area contributed by atoms with Gasteiger partial charge in [-0.2, -0.15) is 5.10 Å². The van der Waals surface area contributed by atoms with Crippen molar-refractivity contribution in [2.45, 2.75) is 25.4 Å². The minimum atomic E-state index is 0.740. The van der Waals surface area contributed by atoms with Crippen molar-refractivity contribution in [3.05, 3.63) is 22.7 Å². The molecule has 0 spiro atoms. The van der Waals surface area contributed by atoms with Crippen molar-refractivity contribution in [1.29, 1.82) is 0 Å². The van der Waals surface area contributed by atoms with E-state index in [1.807, 2.05) is 17.8 Å². The van der Waals surface area contributed by atoms with Crippen molar-refractivity contribution in [3.63, 3.8) is 0 Å². The van der Waals surface area contributed by atoms with Crippen LogP contribution in [-0.2, 0) is 13.6 Å². The lowest BCUT2D eigenvalue weighted by atomic mass is 10.3. The van der Waals surface area contributed by atoms with Gasteiger partial charge in [0.25, 0.3) is 0 Å². The van der Waals surface area contributed by atoms with Gasteiger partial charge in [0.2, 0.25) is 0 Å². The van der Waals surface area contributed by atoms with Crippen molar-refractivity contribution in [3.8, 4) is 11.4 Å². The van der Waals surface area contributed by atoms with Crippen LogP contribution in [0.25, 0.3) is 11.4 Å². The molecule has 2 heterocycles. The topological polar surface area (TPSA) is 42.7 Å². The Kier molecular flexibility index (Phi) is 2.49. The average Bonchev–Trinajstić information content (AvgIpc) is 2.82. The van der Waals surface area contributed by atoms with Crippen LogP contribution >= 0.6 is 11.3 Å². The summed E-state index contributed by atoms with van der Waals surface area (Å²) in [5, 5.41) is 10.9. The third-order valence-corrected chi connectivity index (χ3v) is 3.60. The predicted molar refractivity (Wildman–Crippen MR) is 64.2 cm³/mol. The number of nitrogens with zero attached hydrogens (tertiary/aromatic N) is 3. The molecule has 1 N–H and O–H groups in total. The fourth-order valence-electron chi connectivity index (χ4n) is 1.65. The first-order valence-electron chi connectivity index (χ1n) is 5.49. The average molecular weight is 234 g/mol. The molecule has 1 aliphatic rings. The number of rotatable bonds is 4. The van der Waals surface area contributed by atoms with Crippen molar-refractivity contribution in [2.75, 3.05) is 0 Å². The van der Waals surface area contributed by atoms with Crippen LogP contribution in [0.1, 0.15) is 17.8 Å². The van der Waals surface area contributed by atoms with E-state index in [9.17, 15) is 0 Å². The molecular weight excluding hydrogens is 220 g/mol. The van der Waals surface area contributed by atoms with Gasteiger partial charge in [0, 0.05) is 31.2 Å². The molecule has 0 amide bonds. The Morgan fingerprint density at radius 2 is 2.44 bits per heavy atom. The number of nitrogens with one attached hydrogen (secondary N) is 1. The van der Waals surface area contributed by atoms with Crippen LogP contribution in [-0.4, -0.2) is 20.8 Å². The van der Waals surface area contributed by atoms with E-state index in [0.29, 0.717) is 0 Å². The molecule has 84 valence electrons. The smallest absolute Gasteiger partial charge is 0.107 e. The highest BCUT2D eigenvalue weighted by Crippen LogP contribution is 2.23. The van der Waals surface area contributed by atoms with Gasteiger partial charge in [0.1, 0.15) is 5.01 Å². The molecule has 1 fully saturated rings. The van der Waals surface area contributed by atoms with Crippen molar-refractivity contribution < 1.29 is 0 Å². The largest absolute Gasteiger partial charge is 0.308 e. The Hall–Kier alpha value is -1.20. The molecule has 0 bridgehead atoms. The molecule has 5 heteroatoms. The highest BCUT2D eigenvalue weighted by molar-refractivity contribution is 7.09. The molecule has 0 saturated heterocycles. The number of hydrogen-bond donors (Lipinski definition) is 1. The van der Waals surface area contributed by atoms with E-state index in [-0.39, 0.29) is 0 Å². The Bertz CT molecular complexity index is 484. The molecule has 1 aliphatic carbocycles. The molecule has 0 aromatic carbocycles. The number of aryl methyl sites for hydroxylation is 1. The van der Waals surface area contributed by atoms with E-state index in [2.05, 4.69) is 20.8 Å². The van der Waals surface area contributed by atoms with Crippen LogP contribution < -0.4 is 5.32 Å². The van der Waals surface area contributed by atoms with Gasteiger partial charge in [-0.15, -0.1) is 11.3 Å². The normalized spacial score (nSPS) is 15.6. The summed E-state index contributed by atoms with van der Waals surface area (Å²) in [5.74, 6) is 0. The summed E-state index contributed by atoms with van der Waals surface area (Å²) in [4.78, 5) is 4.61. The highest BCUT2D eigenvalue weighted by atomic mass is 32.1. The van der Waals surface area contributed by atoms with E-state index >= 15 is 0 Å². The fraction of sp³-hybridized carbons (Fsp3) is 0.455. The second kappa shape index (κ2) is 3.99. The molecule has 4 nitrogen and oxygen atoms in total.